The van der Waals surface area contributed by atoms with Crippen molar-refractivity contribution < 1.29 is 4.74 Å². The summed E-state index contributed by atoms with van der Waals surface area (Å²) < 4.78 is 5.40. The summed E-state index contributed by atoms with van der Waals surface area (Å²) in [5.74, 6) is 0. The van der Waals surface area contributed by atoms with Crippen LogP contribution in [0.5, 0.6) is 0 Å². The van der Waals surface area contributed by atoms with E-state index in [0.717, 1.165) is 13.1 Å². The molecule has 0 spiro atoms. The fourth-order valence-electron chi connectivity index (χ4n) is 2.62. The average Bonchev–Trinajstić information content (AvgIpc) is 2.33. The maximum absolute atomic E-state index is 5.40. The standard InChI is InChI=1S/C12H25N3O/c1-14-7-9-15(10-8-14)13-11-3-5-12(16-2)6-4-11/h11-13H,3-10H2,1-2H3. The number of piperazine rings is 1. The molecule has 0 aromatic carbocycles. The van der Waals surface area contributed by atoms with E-state index in [9.17, 15) is 0 Å². The van der Waals surface area contributed by atoms with Crippen molar-refractivity contribution in [3.05, 3.63) is 0 Å². The molecule has 1 heterocycles. The van der Waals surface area contributed by atoms with E-state index in [1.165, 1.54) is 38.8 Å². The number of ether oxygens (including phenoxy) is 1. The van der Waals surface area contributed by atoms with E-state index in [4.69, 9.17) is 4.74 Å². The van der Waals surface area contributed by atoms with Crippen LogP contribution >= 0.6 is 0 Å². The first-order valence-electron chi connectivity index (χ1n) is 6.50. The van der Waals surface area contributed by atoms with Crippen molar-refractivity contribution in [3.63, 3.8) is 0 Å². The number of likely N-dealkylation sites (N-methyl/N-ethyl adjacent to an activating group) is 1. The van der Waals surface area contributed by atoms with Crippen molar-refractivity contribution in [3.8, 4) is 0 Å². The van der Waals surface area contributed by atoms with Crippen LogP contribution in [-0.4, -0.2) is 62.4 Å². The maximum atomic E-state index is 5.40. The van der Waals surface area contributed by atoms with E-state index in [0.29, 0.717) is 12.1 Å². The van der Waals surface area contributed by atoms with Gasteiger partial charge in [-0.05, 0) is 32.7 Å². The van der Waals surface area contributed by atoms with Crippen molar-refractivity contribution >= 4 is 0 Å². The second-order valence-electron chi connectivity index (χ2n) is 5.13. The van der Waals surface area contributed by atoms with Gasteiger partial charge in [-0.3, -0.25) is 5.43 Å². The number of methoxy groups -OCH3 is 1. The highest BCUT2D eigenvalue weighted by molar-refractivity contribution is 4.78. The molecule has 0 unspecified atom stereocenters. The SMILES string of the molecule is COC1CCC(NN2CCN(C)CC2)CC1. The van der Waals surface area contributed by atoms with Crippen LogP contribution in [0.3, 0.4) is 0 Å². The Morgan fingerprint density at radius 1 is 1.00 bits per heavy atom. The fraction of sp³-hybridized carbons (Fsp3) is 1.00. The van der Waals surface area contributed by atoms with Crippen molar-refractivity contribution in [1.82, 2.24) is 15.3 Å². The predicted octanol–water partition coefficient (Wildman–Crippen LogP) is 0.696. The third kappa shape index (κ3) is 3.42. The fourth-order valence-corrected chi connectivity index (χ4v) is 2.62. The molecule has 1 aliphatic heterocycles. The monoisotopic (exact) mass is 227 g/mol. The molecule has 16 heavy (non-hydrogen) atoms. The van der Waals surface area contributed by atoms with Crippen LogP contribution in [-0.2, 0) is 4.74 Å². The van der Waals surface area contributed by atoms with E-state index >= 15 is 0 Å². The molecule has 0 bridgehead atoms. The first-order valence-corrected chi connectivity index (χ1v) is 6.50. The van der Waals surface area contributed by atoms with E-state index in [-0.39, 0.29) is 0 Å². The van der Waals surface area contributed by atoms with E-state index in [1.54, 1.807) is 0 Å². The molecular formula is C12H25N3O. The number of nitrogens with one attached hydrogen (secondary N) is 1. The molecule has 2 fully saturated rings. The molecule has 1 saturated heterocycles. The van der Waals surface area contributed by atoms with Gasteiger partial charge in [0.2, 0.25) is 0 Å². The molecule has 1 aliphatic carbocycles. The average molecular weight is 227 g/mol. The van der Waals surface area contributed by atoms with Crippen LogP contribution in [0.4, 0.5) is 0 Å². The van der Waals surface area contributed by atoms with Crippen LogP contribution in [0, 0.1) is 0 Å². The van der Waals surface area contributed by atoms with Gasteiger partial charge in [0.05, 0.1) is 6.10 Å². The largest absolute Gasteiger partial charge is 0.381 e. The quantitative estimate of drug-likeness (QED) is 0.768. The van der Waals surface area contributed by atoms with Crippen LogP contribution in [0.25, 0.3) is 0 Å². The van der Waals surface area contributed by atoms with E-state index in [1.807, 2.05) is 7.11 Å². The third-order valence-corrected chi connectivity index (χ3v) is 3.88. The molecule has 1 N–H and O–H groups in total. The van der Waals surface area contributed by atoms with Crippen molar-refractivity contribution in [1.29, 1.82) is 0 Å². The van der Waals surface area contributed by atoms with Crippen molar-refractivity contribution in [2.45, 2.75) is 37.8 Å². The Kier molecular flexibility index (Phi) is 4.58. The zero-order valence-corrected chi connectivity index (χ0v) is 10.6. The Balaban J connectivity index is 1.66. The highest BCUT2D eigenvalue weighted by atomic mass is 16.5. The summed E-state index contributed by atoms with van der Waals surface area (Å²) in [6.07, 6.45) is 5.44. The molecule has 0 radical (unpaired) electrons. The van der Waals surface area contributed by atoms with Crippen molar-refractivity contribution in [2.75, 3.05) is 40.3 Å². The molecule has 2 rings (SSSR count). The van der Waals surface area contributed by atoms with Gasteiger partial charge in [-0.1, -0.05) is 0 Å². The van der Waals surface area contributed by atoms with Crippen LogP contribution in [0.2, 0.25) is 0 Å². The minimum atomic E-state index is 0.505. The maximum Gasteiger partial charge on any atom is 0.0572 e. The lowest BCUT2D eigenvalue weighted by Crippen LogP contribution is -2.54. The van der Waals surface area contributed by atoms with Gasteiger partial charge in [0.25, 0.3) is 0 Å². The molecule has 0 aromatic rings. The first-order chi connectivity index (χ1) is 7.78. The van der Waals surface area contributed by atoms with Gasteiger partial charge in [-0.15, -0.1) is 0 Å². The molecule has 1 saturated carbocycles. The summed E-state index contributed by atoms with van der Waals surface area (Å²) in [5, 5.41) is 2.40. The summed E-state index contributed by atoms with van der Waals surface area (Å²) in [4.78, 5) is 2.39. The minimum Gasteiger partial charge on any atom is -0.381 e. The number of hydrazine groups is 1. The molecule has 2 aliphatic rings. The van der Waals surface area contributed by atoms with Gasteiger partial charge >= 0.3 is 0 Å². The zero-order chi connectivity index (χ0) is 11.4. The smallest absolute Gasteiger partial charge is 0.0572 e. The van der Waals surface area contributed by atoms with E-state index in [2.05, 4.69) is 22.4 Å². The Labute approximate surface area is 98.9 Å². The van der Waals surface area contributed by atoms with Gasteiger partial charge in [-0.2, -0.15) is 0 Å². The molecule has 0 atom stereocenters. The topological polar surface area (TPSA) is 27.7 Å². The lowest BCUT2D eigenvalue weighted by molar-refractivity contribution is 0.0348. The van der Waals surface area contributed by atoms with Gasteiger partial charge < -0.3 is 9.64 Å². The van der Waals surface area contributed by atoms with Gasteiger partial charge in [0, 0.05) is 39.3 Å². The molecule has 4 nitrogen and oxygen atoms in total. The number of hydrogen-bond acceptors (Lipinski definition) is 4. The minimum absolute atomic E-state index is 0.505. The Hall–Kier alpha value is -0.160. The number of nitrogens with zero attached hydrogens (tertiary/aromatic N) is 2. The molecule has 94 valence electrons. The molecule has 0 amide bonds. The normalized spacial score (nSPS) is 34.1. The highest BCUT2D eigenvalue weighted by Gasteiger charge is 2.23. The van der Waals surface area contributed by atoms with Gasteiger partial charge in [0.15, 0.2) is 0 Å². The summed E-state index contributed by atoms with van der Waals surface area (Å²) >= 11 is 0. The highest BCUT2D eigenvalue weighted by Crippen LogP contribution is 2.20. The lowest BCUT2D eigenvalue weighted by atomic mass is 9.93. The van der Waals surface area contributed by atoms with Crippen LogP contribution in [0.15, 0.2) is 0 Å². The second kappa shape index (κ2) is 5.96. The Morgan fingerprint density at radius 2 is 1.62 bits per heavy atom. The third-order valence-electron chi connectivity index (χ3n) is 3.88. The van der Waals surface area contributed by atoms with Gasteiger partial charge in [0.1, 0.15) is 0 Å². The lowest BCUT2D eigenvalue weighted by Gasteiger charge is -2.37. The van der Waals surface area contributed by atoms with Crippen molar-refractivity contribution in [2.24, 2.45) is 0 Å². The Morgan fingerprint density at radius 3 is 2.19 bits per heavy atom. The summed E-state index contributed by atoms with van der Waals surface area (Å²) in [5.41, 5.74) is 3.67. The summed E-state index contributed by atoms with van der Waals surface area (Å²) in [6, 6.07) is 0.676. The molecular weight excluding hydrogens is 202 g/mol. The number of hydrogen-bond donors (Lipinski definition) is 1. The van der Waals surface area contributed by atoms with Crippen LogP contribution < -0.4 is 5.43 Å². The predicted molar refractivity (Wildman–Crippen MR) is 65.3 cm³/mol. The number of rotatable bonds is 3. The zero-order valence-electron chi connectivity index (χ0n) is 10.6. The summed E-state index contributed by atoms with van der Waals surface area (Å²) in [6.45, 7) is 4.67. The molecule has 0 aromatic heterocycles. The second-order valence-corrected chi connectivity index (χ2v) is 5.13. The summed E-state index contributed by atoms with van der Waals surface area (Å²) in [7, 11) is 4.03. The van der Waals surface area contributed by atoms with Crippen LogP contribution in [0.1, 0.15) is 25.7 Å². The van der Waals surface area contributed by atoms with Gasteiger partial charge in [-0.25, -0.2) is 5.01 Å². The Bertz CT molecular complexity index is 196. The first kappa shape index (κ1) is 12.3. The van der Waals surface area contributed by atoms with E-state index < -0.39 is 0 Å². The molecule has 4 heteroatoms.